The molecule has 0 bridgehead atoms. The molecule has 1 fully saturated rings. The van der Waals surface area contributed by atoms with Crippen molar-refractivity contribution in [1.82, 2.24) is 4.90 Å². The second-order valence-electron chi connectivity index (χ2n) is 6.24. The molecule has 2 unspecified atom stereocenters. The Morgan fingerprint density at radius 1 is 1.16 bits per heavy atom. The van der Waals surface area contributed by atoms with Gasteiger partial charge in [0.15, 0.2) is 5.78 Å². The number of benzene rings is 1. The number of nitrogens with zero attached hydrogens (tertiary/aromatic N) is 1. The molecule has 0 aromatic heterocycles. The quantitative estimate of drug-likeness (QED) is 0.771. The molecule has 0 spiro atoms. The Bertz CT molecular complexity index is 413. The standard InChI is InChI=1S/C17H25NO/c1-13-4-6-16(7-5-13)17(19)8-9-18-11-14(2)10-15(3)12-18/h4-7,14-15H,8-12H2,1-3H3. The predicted molar refractivity (Wildman–Crippen MR) is 79.5 cm³/mol. The third-order valence-corrected chi connectivity index (χ3v) is 3.97. The van der Waals surface area contributed by atoms with Gasteiger partial charge in [-0.15, -0.1) is 0 Å². The van der Waals surface area contributed by atoms with Crippen LogP contribution in [0.15, 0.2) is 24.3 Å². The maximum atomic E-state index is 12.1. The molecule has 19 heavy (non-hydrogen) atoms. The number of Topliss-reactive ketones (excluding diaryl/α,β-unsaturated/α-hetero) is 1. The fraction of sp³-hybridized carbons (Fsp3) is 0.588. The van der Waals surface area contributed by atoms with Crippen LogP contribution in [0.2, 0.25) is 0 Å². The summed E-state index contributed by atoms with van der Waals surface area (Å²) in [5.74, 6) is 1.79. The third kappa shape index (κ3) is 4.17. The van der Waals surface area contributed by atoms with E-state index in [1.165, 1.54) is 12.0 Å². The van der Waals surface area contributed by atoms with E-state index in [1.54, 1.807) is 0 Å². The lowest BCUT2D eigenvalue weighted by molar-refractivity contribution is 0.0926. The van der Waals surface area contributed by atoms with Crippen molar-refractivity contribution >= 4 is 5.78 Å². The molecule has 0 aliphatic carbocycles. The number of carbonyl (C=O) groups excluding carboxylic acids is 1. The summed E-state index contributed by atoms with van der Waals surface area (Å²) >= 11 is 0. The lowest BCUT2D eigenvalue weighted by atomic mass is 9.91. The first-order valence-electron chi connectivity index (χ1n) is 7.37. The molecular formula is C17H25NO. The Balaban J connectivity index is 1.84. The van der Waals surface area contributed by atoms with E-state index in [4.69, 9.17) is 0 Å². The van der Waals surface area contributed by atoms with E-state index in [0.717, 1.165) is 37.0 Å². The molecule has 1 aliphatic rings. The molecule has 1 aromatic carbocycles. The summed E-state index contributed by atoms with van der Waals surface area (Å²) in [7, 11) is 0. The van der Waals surface area contributed by atoms with Crippen LogP contribution in [-0.2, 0) is 0 Å². The minimum atomic E-state index is 0.269. The normalized spacial score (nSPS) is 24.4. The van der Waals surface area contributed by atoms with Gasteiger partial charge in [-0.25, -0.2) is 0 Å². The highest BCUT2D eigenvalue weighted by Gasteiger charge is 2.21. The molecule has 2 nitrogen and oxygen atoms in total. The van der Waals surface area contributed by atoms with E-state index in [9.17, 15) is 4.79 Å². The van der Waals surface area contributed by atoms with Crippen molar-refractivity contribution < 1.29 is 4.79 Å². The molecule has 0 radical (unpaired) electrons. The van der Waals surface area contributed by atoms with Gasteiger partial charge >= 0.3 is 0 Å². The predicted octanol–water partition coefficient (Wildman–Crippen LogP) is 3.55. The van der Waals surface area contributed by atoms with Gasteiger partial charge in [-0.1, -0.05) is 43.7 Å². The molecule has 1 saturated heterocycles. The number of rotatable bonds is 4. The Hall–Kier alpha value is -1.15. The molecule has 1 aliphatic heterocycles. The van der Waals surface area contributed by atoms with Crippen LogP contribution in [0.1, 0.15) is 42.6 Å². The summed E-state index contributed by atoms with van der Waals surface area (Å²) < 4.78 is 0. The maximum absolute atomic E-state index is 12.1. The van der Waals surface area contributed by atoms with Crippen molar-refractivity contribution in [3.63, 3.8) is 0 Å². The number of aryl methyl sites for hydroxylation is 1. The van der Waals surface area contributed by atoms with Crippen LogP contribution in [0.3, 0.4) is 0 Å². The molecule has 104 valence electrons. The highest BCUT2D eigenvalue weighted by atomic mass is 16.1. The largest absolute Gasteiger partial charge is 0.302 e. The van der Waals surface area contributed by atoms with Gasteiger partial charge in [-0.2, -0.15) is 0 Å². The fourth-order valence-corrected chi connectivity index (χ4v) is 3.12. The number of hydrogen-bond donors (Lipinski definition) is 0. The number of likely N-dealkylation sites (tertiary alicyclic amines) is 1. The van der Waals surface area contributed by atoms with Gasteiger partial charge in [0, 0.05) is 31.6 Å². The van der Waals surface area contributed by atoms with Crippen LogP contribution in [0, 0.1) is 18.8 Å². The second-order valence-corrected chi connectivity index (χ2v) is 6.24. The molecule has 2 heteroatoms. The first-order valence-corrected chi connectivity index (χ1v) is 7.37. The van der Waals surface area contributed by atoms with Crippen LogP contribution >= 0.6 is 0 Å². The van der Waals surface area contributed by atoms with Crippen molar-refractivity contribution in [3.8, 4) is 0 Å². The average molecular weight is 259 g/mol. The summed E-state index contributed by atoms with van der Waals surface area (Å²) in [6.45, 7) is 9.86. The Labute approximate surface area is 116 Å². The highest BCUT2D eigenvalue weighted by molar-refractivity contribution is 5.96. The number of hydrogen-bond acceptors (Lipinski definition) is 2. The highest BCUT2D eigenvalue weighted by Crippen LogP contribution is 2.21. The van der Waals surface area contributed by atoms with Crippen LogP contribution in [0.5, 0.6) is 0 Å². The van der Waals surface area contributed by atoms with Gasteiger partial charge in [0.2, 0.25) is 0 Å². The van der Waals surface area contributed by atoms with Gasteiger partial charge in [-0.3, -0.25) is 4.79 Å². The smallest absolute Gasteiger partial charge is 0.164 e. The molecule has 0 saturated carbocycles. The average Bonchev–Trinajstić information content (AvgIpc) is 2.36. The summed E-state index contributed by atoms with van der Waals surface area (Å²) in [6, 6.07) is 7.91. The fourth-order valence-electron chi connectivity index (χ4n) is 3.12. The summed E-state index contributed by atoms with van der Waals surface area (Å²) in [6.07, 6.45) is 1.96. The van der Waals surface area contributed by atoms with Crippen molar-refractivity contribution in [2.75, 3.05) is 19.6 Å². The SMILES string of the molecule is Cc1ccc(C(=O)CCN2CC(C)CC(C)C2)cc1. The monoisotopic (exact) mass is 259 g/mol. The van der Waals surface area contributed by atoms with Gasteiger partial charge in [0.1, 0.15) is 0 Å². The zero-order chi connectivity index (χ0) is 13.8. The van der Waals surface area contributed by atoms with E-state index in [0.29, 0.717) is 6.42 Å². The lowest BCUT2D eigenvalue weighted by Crippen LogP contribution is -2.39. The van der Waals surface area contributed by atoms with E-state index in [2.05, 4.69) is 18.7 Å². The summed E-state index contributed by atoms with van der Waals surface area (Å²) in [5, 5.41) is 0. The van der Waals surface area contributed by atoms with E-state index >= 15 is 0 Å². The molecular weight excluding hydrogens is 234 g/mol. The maximum Gasteiger partial charge on any atom is 0.164 e. The van der Waals surface area contributed by atoms with Crippen LogP contribution in [-0.4, -0.2) is 30.3 Å². The van der Waals surface area contributed by atoms with Crippen molar-refractivity contribution in [3.05, 3.63) is 35.4 Å². The molecule has 2 atom stereocenters. The van der Waals surface area contributed by atoms with Crippen LogP contribution in [0.25, 0.3) is 0 Å². The summed E-state index contributed by atoms with van der Waals surface area (Å²) in [5.41, 5.74) is 2.05. The van der Waals surface area contributed by atoms with E-state index in [1.807, 2.05) is 31.2 Å². The van der Waals surface area contributed by atoms with Crippen molar-refractivity contribution in [2.24, 2.45) is 11.8 Å². The second kappa shape index (κ2) is 6.33. The molecule has 1 aromatic rings. The first-order chi connectivity index (χ1) is 9.04. The van der Waals surface area contributed by atoms with Crippen LogP contribution < -0.4 is 0 Å². The molecule has 1 heterocycles. The Kier molecular flexibility index (Phi) is 4.76. The molecule has 0 amide bonds. The molecule has 2 rings (SSSR count). The van der Waals surface area contributed by atoms with Gasteiger partial charge in [0.05, 0.1) is 0 Å². The first kappa shape index (κ1) is 14.3. The van der Waals surface area contributed by atoms with Gasteiger partial charge in [0.25, 0.3) is 0 Å². The topological polar surface area (TPSA) is 20.3 Å². The Morgan fingerprint density at radius 2 is 1.74 bits per heavy atom. The van der Waals surface area contributed by atoms with Crippen molar-refractivity contribution in [2.45, 2.75) is 33.6 Å². The van der Waals surface area contributed by atoms with Crippen molar-refractivity contribution in [1.29, 1.82) is 0 Å². The Morgan fingerprint density at radius 3 is 2.32 bits per heavy atom. The number of piperidine rings is 1. The number of ketones is 1. The third-order valence-electron chi connectivity index (χ3n) is 3.97. The van der Waals surface area contributed by atoms with Gasteiger partial charge < -0.3 is 4.90 Å². The minimum absolute atomic E-state index is 0.269. The van der Waals surface area contributed by atoms with E-state index in [-0.39, 0.29) is 5.78 Å². The zero-order valence-corrected chi connectivity index (χ0v) is 12.4. The lowest BCUT2D eigenvalue weighted by Gasteiger charge is -2.34. The minimum Gasteiger partial charge on any atom is -0.302 e. The summed E-state index contributed by atoms with van der Waals surface area (Å²) in [4.78, 5) is 14.6. The zero-order valence-electron chi connectivity index (χ0n) is 12.4. The van der Waals surface area contributed by atoms with Gasteiger partial charge in [-0.05, 0) is 25.2 Å². The van der Waals surface area contributed by atoms with E-state index < -0.39 is 0 Å². The number of carbonyl (C=O) groups is 1. The van der Waals surface area contributed by atoms with Crippen LogP contribution in [0.4, 0.5) is 0 Å². The molecule has 0 N–H and O–H groups in total.